The van der Waals surface area contributed by atoms with E-state index in [0.717, 1.165) is 5.56 Å². The molecule has 3 heteroatoms. The summed E-state index contributed by atoms with van der Waals surface area (Å²) in [6, 6.07) is 5.68. The van der Waals surface area contributed by atoms with Crippen LogP contribution in [0.25, 0.3) is 0 Å². The van der Waals surface area contributed by atoms with E-state index >= 15 is 0 Å². The van der Waals surface area contributed by atoms with Crippen LogP contribution in [0.3, 0.4) is 0 Å². The first kappa shape index (κ1) is 14.5. The number of hydrogen-bond donors (Lipinski definition) is 2. The summed E-state index contributed by atoms with van der Waals surface area (Å²) in [4.78, 5) is 0. The highest BCUT2D eigenvalue weighted by Gasteiger charge is 2.19. The number of rotatable bonds is 4. The van der Waals surface area contributed by atoms with Gasteiger partial charge in [-0.25, -0.2) is 4.39 Å². The standard InChI is InChI=1S/C16H25FN2/c1-12-8-9-15(17)14(10-12)16(11-18)19-13-6-4-2-3-5-7-13/h8-10,13,16,19H,2-7,11,18H2,1H3. The Balaban J connectivity index is 2.08. The molecule has 2 rings (SSSR count). The molecular formula is C16H25FN2. The van der Waals surface area contributed by atoms with Gasteiger partial charge in [0, 0.05) is 24.2 Å². The minimum Gasteiger partial charge on any atom is -0.329 e. The molecule has 0 radical (unpaired) electrons. The first-order valence-electron chi connectivity index (χ1n) is 7.43. The Bertz CT molecular complexity index is 398. The number of hydrogen-bond acceptors (Lipinski definition) is 2. The SMILES string of the molecule is Cc1ccc(F)c(C(CN)NC2CCCCCC2)c1. The summed E-state index contributed by atoms with van der Waals surface area (Å²) >= 11 is 0. The predicted molar refractivity (Wildman–Crippen MR) is 77.6 cm³/mol. The van der Waals surface area contributed by atoms with E-state index in [9.17, 15) is 4.39 Å². The molecule has 106 valence electrons. The first-order valence-corrected chi connectivity index (χ1v) is 7.43. The third-order valence-electron chi connectivity index (χ3n) is 4.05. The minimum absolute atomic E-state index is 0.0667. The molecule has 0 spiro atoms. The van der Waals surface area contributed by atoms with E-state index in [1.165, 1.54) is 38.5 Å². The lowest BCUT2D eigenvalue weighted by molar-refractivity contribution is 0.394. The van der Waals surface area contributed by atoms with E-state index in [1.54, 1.807) is 12.1 Å². The predicted octanol–water partition coefficient (Wildman–Crippen LogP) is 3.45. The Morgan fingerprint density at radius 3 is 2.58 bits per heavy atom. The molecule has 1 unspecified atom stereocenters. The molecule has 1 saturated carbocycles. The van der Waals surface area contributed by atoms with Gasteiger partial charge in [0.2, 0.25) is 0 Å². The number of halogens is 1. The Kier molecular flexibility index (Phi) is 5.34. The van der Waals surface area contributed by atoms with Crippen molar-refractivity contribution in [3.63, 3.8) is 0 Å². The average molecular weight is 264 g/mol. The largest absolute Gasteiger partial charge is 0.329 e. The highest BCUT2D eigenvalue weighted by Crippen LogP contribution is 2.23. The summed E-state index contributed by atoms with van der Waals surface area (Å²) in [7, 11) is 0. The van der Waals surface area contributed by atoms with Crippen molar-refractivity contribution in [2.45, 2.75) is 57.5 Å². The number of aryl methyl sites for hydroxylation is 1. The fourth-order valence-electron chi connectivity index (χ4n) is 2.95. The van der Waals surface area contributed by atoms with Crippen LogP contribution < -0.4 is 11.1 Å². The molecule has 0 saturated heterocycles. The van der Waals surface area contributed by atoms with Gasteiger partial charge in [0.1, 0.15) is 5.82 Å². The van der Waals surface area contributed by atoms with Crippen LogP contribution in [0.1, 0.15) is 55.7 Å². The van der Waals surface area contributed by atoms with Crippen molar-refractivity contribution >= 4 is 0 Å². The second-order valence-electron chi connectivity index (χ2n) is 5.67. The molecule has 3 N–H and O–H groups in total. The zero-order chi connectivity index (χ0) is 13.7. The smallest absolute Gasteiger partial charge is 0.128 e. The molecule has 1 aromatic rings. The van der Waals surface area contributed by atoms with Crippen LogP contribution >= 0.6 is 0 Å². The Labute approximate surface area is 115 Å². The quantitative estimate of drug-likeness (QED) is 0.817. The van der Waals surface area contributed by atoms with Gasteiger partial charge >= 0.3 is 0 Å². The molecule has 1 fully saturated rings. The summed E-state index contributed by atoms with van der Waals surface area (Å²) in [6.45, 7) is 2.43. The molecule has 1 aromatic carbocycles. The van der Waals surface area contributed by atoms with Gasteiger partial charge in [-0.15, -0.1) is 0 Å². The van der Waals surface area contributed by atoms with Crippen molar-refractivity contribution in [3.8, 4) is 0 Å². The maximum atomic E-state index is 13.9. The molecule has 0 bridgehead atoms. The summed E-state index contributed by atoms with van der Waals surface area (Å²) in [5, 5.41) is 3.56. The second kappa shape index (κ2) is 7.01. The summed E-state index contributed by atoms with van der Waals surface area (Å²) in [6.07, 6.45) is 7.55. The lowest BCUT2D eigenvalue weighted by atomic mass is 10.0. The van der Waals surface area contributed by atoms with Crippen molar-refractivity contribution in [2.75, 3.05) is 6.54 Å². The third-order valence-corrected chi connectivity index (χ3v) is 4.05. The topological polar surface area (TPSA) is 38.0 Å². The van der Waals surface area contributed by atoms with Crippen molar-refractivity contribution in [1.82, 2.24) is 5.32 Å². The molecule has 0 aromatic heterocycles. The number of benzene rings is 1. The monoisotopic (exact) mass is 264 g/mol. The van der Waals surface area contributed by atoms with Gasteiger partial charge < -0.3 is 11.1 Å². The molecule has 19 heavy (non-hydrogen) atoms. The summed E-state index contributed by atoms with van der Waals surface area (Å²) < 4.78 is 13.9. The molecule has 0 amide bonds. The van der Waals surface area contributed by atoms with Gasteiger partial charge in [0.15, 0.2) is 0 Å². The van der Waals surface area contributed by atoms with Gasteiger partial charge in [-0.05, 0) is 25.8 Å². The van der Waals surface area contributed by atoms with Crippen molar-refractivity contribution < 1.29 is 4.39 Å². The molecule has 0 aliphatic heterocycles. The number of nitrogens with one attached hydrogen (secondary N) is 1. The minimum atomic E-state index is -0.151. The van der Waals surface area contributed by atoms with Crippen LogP contribution in [0.15, 0.2) is 18.2 Å². The fraction of sp³-hybridized carbons (Fsp3) is 0.625. The van der Waals surface area contributed by atoms with Gasteiger partial charge in [-0.1, -0.05) is 43.4 Å². The van der Waals surface area contributed by atoms with E-state index in [2.05, 4.69) is 5.32 Å². The van der Waals surface area contributed by atoms with Gasteiger partial charge in [0.25, 0.3) is 0 Å². The molecular weight excluding hydrogens is 239 g/mol. The zero-order valence-corrected chi connectivity index (χ0v) is 11.8. The molecule has 1 atom stereocenters. The molecule has 0 heterocycles. The lowest BCUT2D eigenvalue weighted by Crippen LogP contribution is -2.37. The van der Waals surface area contributed by atoms with Crippen LogP contribution in [0.5, 0.6) is 0 Å². The Hall–Kier alpha value is -0.930. The normalized spacial score (nSPS) is 19.1. The van der Waals surface area contributed by atoms with Crippen molar-refractivity contribution in [1.29, 1.82) is 0 Å². The second-order valence-corrected chi connectivity index (χ2v) is 5.67. The average Bonchev–Trinajstić information content (AvgIpc) is 2.67. The van der Waals surface area contributed by atoms with E-state index in [-0.39, 0.29) is 11.9 Å². The van der Waals surface area contributed by atoms with Crippen LogP contribution in [-0.2, 0) is 0 Å². The summed E-state index contributed by atoms with van der Waals surface area (Å²) in [5.41, 5.74) is 7.65. The highest BCUT2D eigenvalue weighted by molar-refractivity contribution is 5.27. The lowest BCUT2D eigenvalue weighted by Gasteiger charge is -2.25. The third kappa shape index (κ3) is 4.02. The van der Waals surface area contributed by atoms with Crippen LogP contribution in [0.4, 0.5) is 4.39 Å². The molecule has 2 nitrogen and oxygen atoms in total. The number of nitrogens with two attached hydrogens (primary N) is 1. The van der Waals surface area contributed by atoms with Gasteiger partial charge in [-0.3, -0.25) is 0 Å². The van der Waals surface area contributed by atoms with Crippen molar-refractivity contribution in [2.24, 2.45) is 5.73 Å². The Morgan fingerprint density at radius 1 is 1.26 bits per heavy atom. The van der Waals surface area contributed by atoms with E-state index in [4.69, 9.17) is 5.73 Å². The summed E-state index contributed by atoms with van der Waals surface area (Å²) in [5.74, 6) is -0.151. The van der Waals surface area contributed by atoms with Crippen LogP contribution in [-0.4, -0.2) is 12.6 Å². The fourth-order valence-corrected chi connectivity index (χ4v) is 2.95. The van der Waals surface area contributed by atoms with Crippen LogP contribution in [0, 0.1) is 12.7 Å². The van der Waals surface area contributed by atoms with Crippen molar-refractivity contribution in [3.05, 3.63) is 35.1 Å². The zero-order valence-electron chi connectivity index (χ0n) is 11.8. The molecule has 1 aliphatic rings. The highest BCUT2D eigenvalue weighted by atomic mass is 19.1. The van der Waals surface area contributed by atoms with Gasteiger partial charge in [-0.2, -0.15) is 0 Å². The van der Waals surface area contributed by atoms with E-state index in [1.807, 2.05) is 13.0 Å². The Morgan fingerprint density at radius 2 is 1.95 bits per heavy atom. The van der Waals surface area contributed by atoms with Gasteiger partial charge in [0.05, 0.1) is 0 Å². The molecule has 1 aliphatic carbocycles. The first-order chi connectivity index (χ1) is 9.20. The van der Waals surface area contributed by atoms with Crippen LogP contribution in [0.2, 0.25) is 0 Å². The van der Waals surface area contributed by atoms with E-state index < -0.39 is 0 Å². The maximum Gasteiger partial charge on any atom is 0.128 e. The van der Waals surface area contributed by atoms with E-state index in [0.29, 0.717) is 18.2 Å². The maximum absolute atomic E-state index is 13.9.